The third-order valence-corrected chi connectivity index (χ3v) is 4.79. The molecular formula is C18H22N6. The predicted molar refractivity (Wildman–Crippen MR) is 93.2 cm³/mol. The molecule has 124 valence electrons. The summed E-state index contributed by atoms with van der Waals surface area (Å²) in [5.74, 6) is 0. The van der Waals surface area contributed by atoms with E-state index >= 15 is 0 Å². The summed E-state index contributed by atoms with van der Waals surface area (Å²) in [4.78, 5) is 6.79. The molecule has 0 spiro atoms. The van der Waals surface area contributed by atoms with E-state index in [1.54, 1.807) is 0 Å². The van der Waals surface area contributed by atoms with Crippen LogP contribution in [0.1, 0.15) is 30.1 Å². The Morgan fingerprint density at radius 1 is 1.25 bits per heavy atom. The number of hydrogen-bond acceptors (Lipinski definition) is 5. The summed E-state index contributed by atoms with van der Waals surface area (Å²) < 4.78 is 1.99. The lowest BCUT2D eigenvalue weighted by Gasteiger charge is -2.32. The predicted octanol–water partition coefficient (Wildman–Crippen LogP) is 2.12. The molecule has 6 heteroatoms. The lowest BCUT2D eigenvalue weighted by Crippen LogP contribution is -2.36. The van der Waals surface area contributed by atoms with Crippen molar-refractivity contribution in [3.8, 4) is 0 Å². The number of benzene rings is 1. The first-order valence-electron chi connectivity index (χ1n) is 8.48. The summed E-state index contributed by atoms with van der Waals surface area (Å²) in [5.41, 5.74) is 7.83. The van der Waals surface area contributed by atoms with Crippen molar-refractivity contribution < 1.29 is 0 Å². The van der Waals surface area contributed by atoms with Crippen LogP contribution in [0.25, 0.3) is 10.8 Å². The third kappa shape index (κ3) is 3.02. The fourth-order valence-electron chi connectivity index (χ4n) is 3.53. The molecule has 0 saturated carbocycles. The molecule has 0 radical (unpaired) electrons. The summed E-state index contributed by atoms with van der Waals surface area (Å²) >= 11 is 0. The van der Waals surface area contributed by atoms with Crippen molar-refractivity contribution in [3.63, 3.8) is 0 Å². The molecule has 1 saturated heterocycles. The van der Waals surface area contributed by atoms with E-state index in [-0.39, 0.29) is 0 Å². The Bertz CT molecular complexity index is 822. The summed E-state index contributed by atoms with van der Waals surface area (Å²) in [6.45, 7) is 3.49. The molecule has 2 aromatic heterocycles. The van der Waals surface area contributed by atoms with Crippen molar-refractivity contribution in [2.24, 2.45) is 5.73 Å². The smallest absolute Gasteiger partial charge is 0.0962 e. The molecule has 1 unspecified atom stereocenters. The van der Waals surface area contributed by atoms with E-state index in [2.05, 4.69) is 44.5 Å². The first-order valence-corrected chi connectivity index (χ1v) is 8.48. The number of hydrogen-bond donors (Lipinski definition) is 1. The Balaban J connectivity index is 1.52. The quantitative estimate of drug-likeness (QED) is 0.796. The van der Waals surface area contributed by atoms with Gasteiger partial charge in [-0.25, -0.2) is 4.68 Å². The molecule has 24 heavy (non-hydrogen) atoms. The summed E-state index contributed by atoms with van der Waals surface area (Å²) in [6, 6.07) is 8.92. The lowest BCUT2D eigenvalue weighted by molar-refractivity contribution is 0.162. The van der Waals surface area contributed by atoms with Crippen molar-refractivity contribution in [3.05, 3.63) is 54.1 Å². The summed E-state index contributed by atoms with van der Waals surface area (Å²) in [7, 11) is 0. The number of fused-ring (bicyclic) bond motifs is 1. The molecule has 1 aromatic carbocycles. The van der Waals surface area contributed by atoms with Crippen LogP contribution in [-0.4, -0.2) is 38.0 Å². The van der Waals surface area contributed by atoms with Crippen molar-refractivity contribution in [2.75, 3.05) is 13.1 Å². The van der Waals surface area contributed by atoms with Crippen LogP contribution in [0.5, 0.6) is 0 Å². The van der Waals surface area contributed by atoms with Gasteiger partial charge in [0.15, 0.2) is 0 Å². The van der Waals surface area contributed by atoms with Gasteiger partial charge in [-0.05, 0) is 36.4 Å². The molecule has 4 rings (SSSR count). The van der Waals surface area contributed by atoms with Crippen LogP contribution in [0.4, 0.5) is 0 Å². The highest BCUT2D eigenvalue weighted by atomic mass is 15.4. The van der Waals surface area contributed by atoms with E-state index < -0.39 is 0 Å². The van der Waals surface area contributed by atoms with E-state index in [9.17, 15) is 0 Å². The summed E-state index contributed by atoms with van der Waals surface area (Å²) in [6.07, 6.45) is 8.11. The second-order valence-corrected chi connectivity index (χ2v) is 6.44. The van der Waals surface area contributed by atoms with Crippen molar-refractivity contribution in [1.29, 1.82) is 0 Å². The first-order chi connectivity index (χ1) is 11.8. The Morgan fingerprint density at radius 2 is 2.21 bits per heavy atom. The Hall–Kier alpha value is -2.31. The third-order valence-electron chi connectivity index (χ3n) is 4.79. The monoisotopic (exact) mass is 322 g/mol. The number of likely N-dealkylation sites (tertiary alicyclic amines) is 1. The minimum absolute atomic E-state index is 0.375. The van der Waals surface area contributed by atoms with Gasteiger partial charge in [-0.1, -0.05) is 23.4 Å². The van der Waals surface area contributed by atoms with Crippen LogP contribution in [0, 0.1) is 0 Å². The fraction of sp³-hybridized carbons (Fsp3) is 0.389. The molecule has 3 aromatic rings. The van der Waals surface area contributed by atoms with E-state index in [1.807, 2.05) is 23.3 Å². The van der Waals surface area contributed by atoms with E-state index in [0.717, 1.165) is 31.7 Å². The highest BCUT2D eigenvalue weighted by Crippen LogP contribution is 2.24. The van der Waals surface area contributed by atoms with Crippen molar-refractivity contribution in [2.45, 2.75) is 32.0 Å². The van der Waals surface area contributed by atoms with Gasteiger partial charge in [-0.15, -0.1) is 5.10 Å². The largest absolute Gasteiger partial charge is 0.325 e. The van der Waals surface area contributed by atoms with Gasteiger partial charge in [0, 0.05) is 37.4 Å². The average molecular weight is 322 g/mol. The molecule has 6 nitrogen and oxygen atoms in total. The molecule has 1 aliphatic rings. The normalized spacial score (nSPS) is 19.0. The molecule has 3 heterocycles. The molecule has 0 amide bonds. The van der Waals surface area contributed by atoms with Gasteiger partial charge in [0.2, 0.25) is 0 Å². The highest BCUT2D eigenvalue weighted by molar-refractivity contribution is 5.84. The van der Waals surface area contributed by atoms with Gasteiger partial charge < -0.3 is 5.73 Å². The molecule has 1 atom stereocenters. The van der Waals surface area contributed by atoms with Crippen LogP contribution in [0.15, 0.2) is 42.9 Å². The second kappa shape index (κ2) is 6.67. The van der Waals surface area contributed by atoms with Gasteiger partial charge in [0.05, 0.1) is 17.9 Å². The molecule has 2 N–H and O–H groups in total. The zero-order valence-corrected chi connectivity index (χ0v) is 13.7. The van der Waals surface area contributed by atoms with E-state index in [0.29, 0.717) is 12.6 Å². The van der Waals surface area contributed by atoms with Gasteiger partial charge in [-0.3, -0.25) is 9.88 Å². The number of nitrogens with zero attached hydrogens (tertiary/aromatic N) is 5. The number of nitrogens with two attached hydrogens (primary N) is 1. The standard InChI is InChI=1S/C18H22N6/c19-9-16-12-24(22-21-16)17-5-2-8-23(13-17)11-15-4-1-3-14-6-7-20-10-18(14)15/h1,3-4,6-7,10,12,17H,2,5,8-9,11,13,19H2. The lowest BCUT2D eigenvalue weighted by atomic mass is 10.0. The SMILES string of the molecule is NCc1cn(C2CCCN(Cc3cccc4ccncc34)C2)nn1. The zero-order chi connectivity index (χ0) is 16.4. The van der Waals surface area contributed by atoms with Crippen molar-refractivity contribution in [1.82, 2.24) is 24.9 Å². The van der Waals surface area contributed by atoms with Gasteiger partial charge >= 0.3 is 0 Å². The molecular weight excluding hydrogens is 300 g/mol. The topological polar surface area (TPSA) is 72.9 Å². The van der Waals surface area contributed by atoms with E-state index in [1.165, 1.54) is 22.8 Å². The minimum atomic E-state index is 0.375. The van der Waals surface area contributed by atoms with E-state index in [4.69, 9.17) is 5.73 Å². The Kier molecular flexibility index (Phi) is 4.23. The molecule has 0 bridgehead atoms. The number of rotatable bonds is 4. The van der Waals surface area contributed by atoms with Gasteiger partial charge in [0.1, 0.15) is 0 Å². The molecule has 0 aliphatic carbocycles. The van der Waals surface area contributed by atoms with Gasteiger partial charge in [0.25, 0.3) is 0 Å². The number of pyridine rings is 1. The van der Waals surface area contributed by atoms with Crippen LogP contribution in [0.2, 0.25) is 0 Å². The van der Waals surface area contributed by atoms with Gasteiger partial charge in [-0.2, -0.15) is 0 Å². The van der Waals surface area contributed by atoms with Crippen LogP contribution >= 0.6 is 0 Å². The molecule has 1 fully saturated rings. The maximum Gasteiger partial charge on any atom is 0.0962 e. The number of piperidine rings is 1. The van der Waals surface area contributed by atoms with Crippen LogP contribution in [-0.2, 0) is 13.1 Å². The van der Waals surface area contributed by atoms with Crippen LogP contribution < -0.4 is 5.73 Å². The minimum Gasteiger partial charge on any atom is -0.325 e. The Labute approximate surface area is 141 Å². The second-order valence-electron chi connectivity index (χ2n) is 6.44. The summed E-state index contributed by atoms with van der Waals surface area (Å²) in [5, 5.41) is 10.9. The number of aromatic nitrogens is 4. The zero-order valence-electron chi connectivity index (χ0n) is 13.7. The van der Waals surface area contributed by atoms with Crippen LogP contribution in [0.3, 0.4) is 0 Å². The fourth-order valence-corrected chi connectivity index (χ4v) is 3.53. The highest BCUT2D eigenvalue weighted by Gasteiger charge is 2.22. The molecule has 1 aliphatic heterocycles. The average Bonchev–Trinajstić information content (AvgIpc) is 3.12. The van der Waals surface area contributed by atoms with Crippen molar-refractivity contribution >= 4 is 10.8 Å². The maximum absolute atomic E-state index is 5.64. The maximum atomic E-state index is 5.64. The first kappa shape index (κ1) is 15.2. The Morgan fingerprint density at radius 3 is 3.08 bits per heavy atom.